The molecular formula is C20H14F3N5O2S. The van der Waals surface area contributed by atoms with Gasteiger partial charge in [-0.2, -0.15) is 18.3 Å². The summed E-state index contributed by atoms with van der Waals surface area (Å²) in [5.74, 6) is -1.09. The number of pyridine rings is 1. The van der Waals surface area contributed by atoms with Gasteiger partial charge in [-0.05, 0) is 55.0 Å². The number of nitrogens with two attached hydrogens (primary N) is 1. The first-order valence-electron chi connectivity index (χ1n) is 8.88. The molecule has 11 heteroatoms. The van der Waals surface area contributed by atoms with Crippen LogP contribution in [0.25, 0.3) is 15.9 Å². The number of aryl methyl sites for hydroxylation is 1. The van der Waals surface area contributed by atoms with Crippen molar-refractivity contribution >= 4 is 39.1 Å². The van der Waals surface area contributed by atoms with Crippen molar-refractivity contribution < 1.29 is 22.8 Å². The Kier molecular flexibility index (Phi) is 4.97. The van der Waals surface area contributed by atoms with Crippen molar-refractivity contribution in [2.24, 2.45) is 5.73 Å². The molecule has 31 heavy (non-hydrogen) atoms. The number of benzene rings is 1. The molecule has 0 spiro atoms. The number of nitrogens with zero attached hydrogens (tertiary/aromatic N) is 3. The van der Waals surface area contributed by atoms with Crippen LogP contribution in [0, 0.1) is 6.92 Å². The van der Waals surface area contributed by atoms with Crippen LogP contribution >= 0.6 is 11.3 Å². The summed E-state index contributed by atoms with van der Waals surface area (Å²) in [5.41, 5.74) is 6.00. The number of nitrogens with one attached hydrogen (secondary N) is 1. The third kappa shape index (κ3) is 3.99. The summed E-state index contributed by atoms with van der Waals surface area (Å²) in [5, 5.41) is 7.27. The predicted molar refractivity (Wildman–Crippen MR) is 109 cm³/mol. The van der Waals surface area contributed by atoms with E-state index in [0.717, 1.165) is 17.4 Å². The average molecular weight is 445 g/mol. The van der Waals surface area contributed by atoms with Gasteiger partial charge in [0.25, 0.3) is 11.8 Å². The van der Waals surface area contributed by atoms with E-state index >= 15 is 0 Å². The van der Waals surface area contributed by atoms with Crippen molar-refractivity contribution in [1.29, 1.82) is 0 Å². The fourth-order valence-electron chi connectivity index (χ4n) is 2.96. The highest BCUT2D eigenvalue weighted by Crippen LogP contribution is 2.34. The first-order valence-corrected chi connectivity index (χ1v) is 9.70. The third-order valence-electron chi connectivity index (χ3n) is 4.53. The van der Waals surface area contributed by atoms with Crippen LogP contribution in [-0.2, 0) is 6.18 Å². The van der Waals surface area contributed by atoms with Gasteiger partial charge >= 0.3 is 6.18 Å². The van der Waals surface area contributed by atoms with Gasteiger partial charge in [-0.1, -0.05) is 0 Å². The van der Waals surface area contributed by atoms with Gasteiger partial charge in [0.1, 0.15) is 16.2 Å². The average Bonchev–Trinajstić information content (AvgIpc) is 3.33. The maximum Gasteiger partial charge on any atom is 0.433 e. The summed E-state index contributed by atoms with van der Waals surface area (Å²) >= 11 is 0.906. The summed E-state index contributed by atoms with van der Waals surface area (Å²) in [4.78, 5) is 27.9. The minimum Gasteiger partial charge on any atom is -0.364 e. The number of carbonyl (C=O) groups is 2. The van der Waals surface area contributed by atoms with Crippen LogP contribution in [0.4, 0.5) is 18.9 Å². The van der Waals surface area contributed by atoms with Gasteiger partial charge in [-0.25, -0.2) is 9.67 Å². The van der Waals surface area contributed by atoms with E-state index in [1.807, 2.05) is 0 Å². The molecule has 4 rings (SSSR count). The van der Waals surface area contributed by atoms with Crippen LogP contribution in [0.1, 0.15) is 31.4 Å². The summed E-state index contributed by atoms with van der Waals surface area (Å²) in [7, 11) is 0. The standard InChI is InChI=1S/C20H14F3N5O2S/c1-10-13-6-7-15(20(21,22)23)26-19(13)31-16(10)18(30)25-11-2-4-12(5-3-11)28-9-8-14(27-28)17(24)29/h2-9H,1H3,(H2,24,29)(H,25,30). The van der Waals surface area contributed by atoms with E-state index in [-0.39, 0.29) is 15.4 Å². The molecule has 0 aliphatic carbocycles. The minimum absolute atomic E-state index is 0.125. The highest BCUT2D eigenvalue weighted by Gasteiger charge is 2.33. The number of anilines is 1. The fraction of sp³-hybridized carbons (Fsp3) is 0.100. The lowest BCUT2D eigenvalue weighted by atomic mass is 10.1. The van der Waals surface area contributed by atoms with Crippen molar-refractivity contribution in [3.63, 3.8) is 0 Å². The lowest BCUT2D eigenvalue weighted by Gasteiger charge is -2.06. The Morgan fingerprint density at radius 3 is 2.42 bits per heavy atom. The van der Waals surface area contributed by atoms with Gasteiger partial charge < -0.3 is 11.1 Å². The number of halogens is 3. The maximum absolute atomic E-state index is 12.9. The van der Waals surface area contributed by atoms with E-state index in [1.54, 1.807) is 37.4 Å². The summed E-state index contributed by atoms with van der Waals surface area (Å²) < 4.78 is 40.2. The van der Waals surface area contributed by atoms with Gasteiger partial charge in [-0.3, -0.25) is 9.59 Å². The van der Waals surface area contributed by atoms with Crippen LogP contribution in [0.15, 0.2) is 48.7 Å². The topological polar surface area (TPSA) is 103 Å². The van der Waals surface area contributed by atoms with Crippen molar-refractivity contribution in [3.8, 4) is 5.69 Å². The van der Waals surface area contributed by atoms with E-state index in [4.69, 9.17) is 5.73 Å². The van der Waals surface area contributed by atoms with E-state index in [0.29, 0.717) is 22.3 Å². The van der Waals surface area contributed by atoms with Gasteiger partial charge in [0.05, 0.1) is 10.6 Å². The number of hydrogen-bond donors (Lipinski definition) is 2. The highest BCUT2D eigenvalue weighted by molar-refractivity contribution is 7.20. The summed E-state index contributed by atoms with van der Waals surface area (Å²) in [6, 6.07) is 10.4. The quantitative estimate of drug-likeness (QED) is 0.492. The zero-order valence-electron chi connectivity index (χ0n) is 15.9. The monoisotopic (exact) mass is 445 g/mol. The SMILES string of the molecule is Cc1c(C(=O)Nc2ccc(-n3ccc(C(N)=O)n3)cc2)sc2nc(C(F)(F)F)ccc12. The molecule has 7 nitrogen and oxygen atoms in total. The fourth-order valence-corrected chi connectivity index (χ4v) is 4.03. The predicted octanol–water partition coefficient (Wildman–Crippen LogP) is 4.16. The van der Waals surface area contributed by atoms with Crippen molar-refractivity contribution in [3.05, 3.63) is 70.5 Å². The smallest absolute Gasteiger partial charge is 0.364 e. The third-order valence-corrected chi connectivity index (χ3v) is 5.73. The Morgan fingerprint density at radius 2 is 1.81 bits per heavy atom. The number of fused-ring (bicyclic) bond motifs is 1. The number of hydrogen-bond acceptors (Lipinski definition) is 5. The first kappa shape index (κ1) is 20.5. The molecule has 0 unspecified atom stereocenters. The zero-order valence-corrected chi connectivity index (χ0v) is 16.7. The largest absolute Gasteiger partial charge is 0.433 e. The molecule has 0 aliphatic rings. The number of amides is 2. The number of alkyl halides is 3. The zero-order chi connectivity index (χ0) is 22.3. The van der Waals surface area contributed by atoms with Gasteiger partial charge in [0.15, 0.2) is 0 Å². The van der Waals surface area contributed by atoms with E-state index in [2.05, 4.69) is 15.4 Å². The molecule has 0 saturated carbocycles. The Morgan fingerprint density at radius 1 is 1.10 bits per heavy atom. The van der Waals surface area contributed by atoms with Crippen molar-refractivity contribution in [2.75, 3.05) is 5.32 Å². The maximum atomic E-state index is 12.9. The van der Waals surface area contributed by atoms with Crippen LogP contribution in [-0.4, -0.2) is 26.6 Å². The molecule has 3 heterocycles. The number of rotatable bonds is 4. The van der Waals surface area contributed by atoms with E-state index < -0.39 is 23.7 Å². The lowest BCUT2D eigenvalue weighted by Crippen LogP contribution is -2.12. The van der Waals surface area contributed by atoms with Crippen molar-refractivity contribution in [1.82, 2.24) is 14.8 Å². The van der Waals surface area contributed by atoms with Gasteiger partial charge in [0, 0.05) is 17.3 Å². The highest BCUT2D eigenvalue weighted by atomic mass is 32.1. The van der Waals surface area contributed by atoms with E-state index in [9.17, 15) is 22.8 Å². The lowest BCUT2D eigenvalue weighted by molar-refractivity contribution is -0.140. The number of primary amides is 1. The minimum atomic E-state index is -4.55. The molecule has 3 aromatic heterocycles. The molecular weight excluding hydrogens is 431 g/mol. The molecule has 0 atom stereocenters. The second-order valence-corrected chi connectivity index (χ2v) is 7.61. The number of aromatic nitrogens is 3. The van der Waals surface area contributed by atoms with Crippen LogP contribution in [0.3, 0.4) is 0 Å². The molecule has 3 N–H and O–H groups in total. The Balaban J connectivity index is 1.55. The van der Waals surface area contributed by atoms with Crippen molar-refractivity contribution in [2.45, 2.75) is 13.1 Å². The van der Waals surface area contributed by atoms with Crippen LogP contribution < -0.4 is 11.1 Å². The first-order chi connectivity index (χ1) is 14.6. The van der Waals surface area contributed by atoms with Gasteiger partial charge in [-0.15, -0.1) is 11.3 Å². The second kappa shape index (κ2) is 7.51. The molecule has 0 radical (unpaired) electrons. The van der Waals surface area contributed by atoms with Crippen LogP contribution in [0.2, 0.25) is 0 Å². The Bertz CT molecular complexity index is 1310. The Labute approximate surface area is 177 Å². The molecule has 0 saturated heterocycles. The molecule has 2 amide bonds. The van der Waals surface area contributed by atoms with Gasteiger partial charge in [0.2, 0.25) is 0 Å². The second-order valence-electron chi connectivity index (χ2n) is 6.61. The normalized spacial score (nSPS) is 11.6. The number of carbonyl (C=O) groups excluding carboxylic acids is 2. The van der Waals surface area contributed by atoms with Crippen LogP contribution in [0.5, 0.6) is 0 Å². The molecule has 0 fully saturated rings. The molecule has 0 aliphatic heterocycles. The molecule has 1 aromatic carbocycles. The number of thiophene rings is 1. The van der Waals surface area contributed by atoms with E-state index in [1.165, 1.54) is 16.8 Å². The molecule has 4 aromatic rings. The Hall–Kier alpha value is -3.73. The molecule has 158 valence electrons. The molecule has 0 bridgehead atoms. The summed E-state index contributed by atoms with van der Waals surface area (Å²) in [6.45, 7) is 1.67. The summed E-state index contributed by atoms with van der Waals surface area (Å²) in [6.07, 6.45) is -2.97.